The molecule has 1 saturated heterocycles. The number of Topliss-reactive ketones (excluding diaryl/α,β-unsaturated/α-hetero) is 2. The maximum atomic E-state index is 11.5. The van der Waals surface area contributed by atoms with Crippen molar-refractivity contribution >= 4 is 17.6 Å². The van der Waals surface area contributed by atoms with Gasteiger partial charge in [0.25, 0.3) is 0 Å². The number of hydrogen-bond donors (Lipinski definition) is 0. The van der Waals surface area contributed by atoms with Crippen molar-refractivity contribution in [3.63, 3.8) is 0 Å². The summed E-state index contributed by atoms with van der Waals surface area (Å²) >= 11 is 0. The lowest BCUT2D eigenvalue weighted by atomic mass is 10.4. The Morgan fingerprint density at radius 2 is 1.43 bits per heavy atom. The molecule has 1 aliphatic rings. The van der Waals surface area contributed by atoms with E-state index in [4.69, 9.17) is 0 Å². The minimum absolute atomic E-state index is 0.0389. The van der Waals surface area contributed by atoms with Crippen LogP contribution < -0.4 is 0 Å². The Kier molecular flexibility index (Phi) is 3.22. The molecular weight excluding hydrogens is 184 g/mol. The van der Waals surface area contributed by atoms with Gasteiger partial charge in [-0.2, -0.15) is 0 Å². The SMILES string of the molecule is CC(=O)CN1CCN(CC(C)=O)C1=O. The third kappa shape index (κ3) is 2.55. The van der Waals surface area contributed by atoms with Gasteiger partial charge in [0.15, 0.2) is 0 Å². The van der Waals surface area contributed by atoms with Crippen molar-refractivity contribution in [2.24, 2.45) is 0 Å². The molecule has 0 saturated carbocycles. The Labute approximate surface area is 82.7 Å². The summed E-state index contributed by atoms with van der Waals surface area (Å²) in [5.74, 6) is -0.0777. The molecule has 5 nitrogen and oxygen atoms in total. The largest absolute Gasteiger partial charge is 0.320 e. The van der Waals surface area contributed by atoms with Gasteiger partial charge in [-0.3, -0.25) is 9.59 Å². The minimum Gasteiger partial charge on any atom is -0.316 e. The van der Waals surface area contributed by atoms with E-state index in [0.29, 0.717) is 13.1 Å². The second-order valence-electron chi connectivity index (χ2n) is 3.53. The Bertz CT molecular complexity index is 249. The molecular formula is C9H14N2O3. The predicted molar refractivity (Wildman–Crippen MR) is 49.9 cm³/mol. The molecule has 14 heavy (non-hydrogen) atoms. The van der Waals surface area contributed by atoms with Gasteiger partial charge < -0.3 is 9.80 Å². The van der Waals surface area contributed by atoms with E-state index in [-0.39, 0.29) is 30.7 Å². The second-order valence-corrected chi connectivity index (χ2v) is 3.53. The summed E-state index contributed by atoms with van der Waals surface area (Å²) in [6, 6.07) is -0.213. The van der Waals surface area contributed by atoms with Crippen LogP contribution in [0.15, 0.2) is 0 Å². The smallest absolute Gasteiger partial charge is 0.316 e. The zero-order valence-electron chi connectivity index (χ0n) is 8.45. The molecule has 0 aliphatic carbocycles. The van der Waals surface area contributed by atoms with Crippen molar-refractivity contribution in [1.29, 1.82) is 0 Å². The molecule has 1 heterocycles. The minimum atomic E-state index is -0.213. The number of carbonyl (C=O) groups is 3. The van der Waals surface area contributed by atoms with E-state index in [1.165, 1.54) is 23.6 Å². The van der Waals surface area contributed by atoms with Crippen LogP contribution in [0.1, 0.15) is 13.8 Å². The highest BCUT2D eigenvalue weighted by Gasteiger charge is 2.29. The fourth-order valence-electron chi connectivity index (χ4n) is 1.46. The van der Waals surface area contributed by atoms with Crippen molar-refractivity contribution in [1.82, 2.24) is 9.80 Å². The summed E-state index contributed by atoms with van der Waals surface area (Å²) in [6.07, 6.45) is 0. The van der Waals surface area contributed by atoms with Crippen molar-refractivity contribution in [2.75, 3.05) is 26.2 Å². The fraction of sp³-hybridized carbons (Fsp3) is 0.667. The second kappa shape index (κ2) is 4.21. The van der Waals surface area contributed by atoms with Gasteiger partial charge in [0.2, 0.25) is 0 Å². The van der Waals surface area contributed by atoms with Gasteiger partial charge in [-0.15, -0.1) is 0 Å². The van der Waals surface area contributed by atoms with Gasteiger partial charge >= 0.3 is 6.03 Å². The lowest BCUT2D eigenvalue weighted by Gasteiger charge is -2.16. The number of hydrogen-bond acceptors (Lipinski definition) is 3. The van der Waals surface area contributed by atoms with Gasteiger partial charge in [-0.05, 0) is 13.8 Å². The van der Waals surface area contributed by atoms with Gasteiger partial charge in [0, 0.05) is 13.1 Å². The normalized spacial score (nSPS) is 16.3. The highest BCUT2D eigenvalue weighted by atomic mass is 16.2. The maximum Gasteiger partial charge on any atom is 0.320 e. The number of nitrogens with zero attached hydrogens (tertiary/aromatic N) is 2. The highest BCUT2D eigenvalue weighted by Crippen LogP contribution is 2.07. The third-order valence-corrected chi connectivity index (χ3v) is 2.01. The summed E-state index contributed by atoms with van der Waals surface area (Å²) in [6.45, 7) is 4.25. The van der Waals surface area contributed by atoms with Crippen LogP contribution in [0.2, 0.25) is 0 Å². The summed E-state index contributed by atoms with van der Waals surface area (Å²) in [7, 11) is 0. The van der Waals surface area contributed by atoms with Crippen LogP contribution in [-0.2, 0) is 9.59 Å². The summed E-state index contributed by atoms with van der Waals surface area (Å²) in [4.78, 5) is 36.0. The topological polar surface area (TPSA) is 57.7 Å². The Balaban J connectivity index is 2.51. The highest BCUT2D eigenvalue weighted by molar-refractivity contribution is 5.88. The first-order valence-electron chi connectivity index (χ1n) is 4.53. The van der Waals surface area contributed by atoms with Crippen molar-refractivity contribution in [3.05, 3.63) is 0 Å². The van der Waals surface area contributed by atoms with E-state index in [1.54, 1.807) is 0 Å². The van der Waals surface area contributed by atoms with Gasteiger partial charge in [-0.25, -0.2) is 4.79 Å². The number of rotatable bonds is 4. The van der Waals surface area contributed by atoms with E-state index in [2.05, 4.69) is 0 Å². The molecule has 0 unspecified atom stereocenters. The van der Waals surface area contributed by atoms with Crippen molar-refractivity contribution in [3.8, 4) is 0 Å². The number of amides is 2. The monoisotopic (exact) mass is 198 g/mol. The average molecular weight is 198 g/mol. The summed E-state index contributed by atoms with van der Waals surface area (Å²) in [5.41, 5.74) is 0. The number of carbonyl (C=O) groups excluding carboxylic acids is 3. The van der Waals surface area contributed by atoms with Crippen LogP contribution in [0.3, 0.4) is 0 Å². The number of urea groups is 1. The fourth-order valence-corrected chi connectivity index (χ4v) is 1.46. The van der Waals surface area contributed by atoms with E-state index in [0.717, 1.165) is 0 Å². The van der Waals surface area contributed by atoms with Crippen LogP contribution in [0, 0.1) is 0 Å². The third-order valence-electron chi connectivity index (χ3n) is 2.01. The predicted octanol–water partition coefficient (Wildman–Crippen LogP) is -0.0980. The standard InChI is InChI=1S/C9H14N2O3/c1-7(12)5-10-3-4-11(9(10)14)6-8(2)13/h3-6H2,1-2H3. The van der Waals surface area contributed by atoms with Gasteiger partial charge in [0.05, 0.1) is 13.1 Å². The van der Waals surface area contributed by atoms with E-state index >= 15 is 0 Å². The maximum absolute atomic E-state index is 11.5. The first kappa shape index (κ1) is 10.7. The average Bonchev–Trinajstić information content (AvgIpc) is 2.34. The molecule has 0 N–H and O–H groups in total. The molecule has 2 amide bonds. The molecule has 1 aliphatic heterocycles. The molecule has 0 aromatic heterocycles. The molecule has 0 aromatic carbocycles. The molecule has 5 heteroatoms. The lowest BCUT2D eigenvalue weighted by Crippen LogP contribution is -2.36. The van der Waals surface area contributed by atoms with Crippen LogP contribution >= 0.6 is 0 Å². The van der Waals surface area contributed by atoms with E-state index in [9.17, 15) is 14.4 Å². The number of ketones is 2. The van der Waals surface area contributed by atoms with Gasteiger partial charge in [-0.1, -0.05) is 0 Å². The van der Waals surface area contributed by atoms with Crippen LogP contribution in [0.4, 0.5) is 4.79 Å². The molecule has 1 fully saturated rings. The molecule has 78 valence electrons. The summed E-state index contributed by atoms with van der Waals surface area (Å²) < 4.78 is 0. The molecule has 0 atom stereocenters. The molecule has 0 spiro atoms. The zero-order chi connectivity index (χ0) is 10.7. The zero-order valence-corrected chi connectivity index (χ0v) is 8.45. The van der Waals surface area contributed by atoms with Crippen molar-refractivity contribution in [2.45, 2.75) is 13.8 Å². The molecule has 0 bridgehead atoms. The lowest BCUT2D eigenvalue weighted by molar-refractivity contribution is -0.117. The quantitative estimate of drug-likeness (QED) is 0.634. The summed E-state index contributed by atoms with van der Waals surface area (Å²) in [5, 5.41) is 0. The van der Waals surface area contributed by atoms with E-state index < -0.39 is 0 Å². The Morgan fingerprint density at radius 1 is 1.07 bits per heavy atom. The molecule has 0 radical (unpaired) electrons. The Morgan fingerprint density at radius 3 is 1.71 bits per heavy atom. The van der Waals surface area contributed by atoms with Crippen LogP contribution in [-0.4, -0.2) is 53.6 Å². The Hall–Kier alpha value is -1.39. The van der Waals surface area contributed by atoms with Crippen LogP contribution in [0.5, 0.6) is 0 Å². The van der Waals surface area contributed by atoms with Crippen molar-refractivity contribution < 1.29 is 14.4 Å². The van der Waals surface area contributed by atoms with Gasteiger partial charge in [0.1, 0.15) is 11.6 Å². The molecule has 0 aromatic rings. The first-order chi connectivity index (χ1) is 6.50. The first-order valence-corrected chi connectivity index (χ1v) is 4.53. The van der Waals surface area contributed by atoms with E-state index in [1.807, 2.05) is 0 Å². The molecule has 1 rings (SSSR count). The van der Waals surface area contributed by atoms with Crippen LogP contribution in [0.25, 0.3) is 0 Å².